The highest BCUT2D eigenvalue weighted by atomic mass is 32.2. The molecule has 0 fully saturated rings. The molecule has 0 spiro atoms. The van der Waals surface area contributed by atoms with E-state index in [2.05, 4.69) is 42.7 Å². The van der Waals surface area contributed by atoms with Crippen molar-refractivity contribution >= 4 is 89.0 Å². The van der Waals surface area contributed by atoms with Gasteiger partial charge in [-0.1, -0.05) is 82.6 Å². The first kappa shape index (κ1) is 27.9. The van der Waals surface area contributed by atoms with E-state index in [1.165, 1.54) is 34.4 Å². The summed E-state index contributed by atoms with van der Waals surface area (Å²) in [5.41, 5.74) is 1.51. The van der Waals surface area contributed by atoms with Crippen LogP contribution in [-0.2, 0) is 14.3 Å². The molecular weight excluding hydrogens is 601 g/mol. The number of benzene rings is 1. The monoisotopic (exact) mass is 626 g/mol. The highest BCUT2D eigenvalue weighted by Crippen LogP contribution is 2.34. The van der Waals surface area contributed by atoms with Crippen LogP contribution < -0.4 is 10.6 Å². The number of nitrogens with zero attached hydrogens (tertiary/aromatic N) is 4. The fraction of sp³-hybridized carbons (Fsp3) is 0.333. The molecule has 4 heterocycles. The fourth-order valence-electron chi connectivity index (χ4n) is 4.26. The van der Waals surface area contributed by atoms with Crippen molar-refractivity contribution in [1.29, 1.82) is 0 Å². The van der Waals surface area contributed by atoms with Gasteiger partial charge in [0.1, 0.15) is 10.1 Å². The van der Waals surface area contributed by atoms with Crippen molar-refractivity contribution in [2.45, 2.75) is 42.9 Å². The van der Waals surface area contributed by atoms with Crippen molar-refractivity contribution in [2.24, 2.45) is 9.98 Å². The second-order valence-electron chi connectivity index (χ2n) is 9.32. The number of hydrogen-bond acceptors (Lipinski definition) is 14. The molecule has 0 radical (unpaired) electrons. The van der Waals surface area contributed by atoms with Crippen molar-refractivity contribution in [2.75, 3.05) is 23.8 Å². The van der Waals surface area contributed by atoms with E-state index in [4.69, 9.17) is 9.47 Å². The summed E-state index contributed by atoms with van der Waals surface area (Å²) in [4.78, 5) is 44.0. The van der Waals surface area contributed by atoms with Gasteiger partial charge >= 0.3 is 11.9 Å². The van der Waals surface area contributed by atoms with E-state index in [-0.39, 0.29) is 36.5 Å². The Morgan fingerprint density at radius 3 is 2.51 bits per heavy atom. The number of allylic oxidation sites excluding steroid dienone is 2. The van der Waals surface area contributed by atoms with Crippen molar-refractivity contribution < 1.29 is 19.1 Å². The topological polar surface area (TPSA) is 127 Å². The lowest BCUT2D eigenvalue weighted by molar-refractivity contribution is -0.143. The average Bonchev–Trinajstić information content (AvgIpc) is 3.73. The second kappa shape index (κ2) is 12.3. The maximum absolute atomic E-state index is 12.7. The van der Waals surface area contributed by atoms with Gasteiger partial charge in [0.05, 0.1) is 46.5 Å². The lowest BCUT2D eigenvalue weighted by atomic mass is 10.1. The molecule has 2 aromatic heterocycles. The molecule has 0 bridgehead atoms. The van der Waals surface area contributed by atoms with Crippen molar-refractivity contribution in [3.8, 4) is 0 Å². The number of fused-ring (bicyclic) bond motifs is 2. The number of thiazole rings is 2. The normalized spacial score (nSPS) is 22.8. The van der Waals surface area contributed by atoms with Crippen LogP contribution in [0.3, 0.4) is 0 Å². The van der Waals surface area contributed by atoms with Crippen LogP contribution in [0.25, 0.3) is 10.2 Å². The standard InChI is InChI=1S/C27H26N6O4S4/c1-14-20(40-24(28-14)32-26-30-16-8-3-5-10-18(16)38-26)22(34)36-12-7-13-37-23(35)21-15(2)29-25(41-21)33-27-31-17-9-4-6-11-19(17)39-27/h3-6,8-11,14,17,19-20H,7,12-13H2,1-2H3,(H,28,30,32)(H,29,31,33). The van der Waals surface area contributed by atoms with Gasteiger partial charge in [-0.25, -0.2) is 14.8 Å². The maximum Gasteiger partial charge on any atom is 0.350 e. The van der Waals surface area contributed by atoms with E-state index in [1.807, 2.05) is 43.3 Å². The maximum atomic E-state index is 12.7. The number of anilines is 2. The van der Waals surface area contributed by atoms with Gasteiger partial charge < -0.3 is 20.1 Å². The Hall–Kier alpha value is -3.20. The Labute approximate surface area is 252 Å². The molecule has 41 heavy (non-hydrogen) atoms. The minimum Gasteiger partial charge on any atom is -0.465 e. The number of carbonyl (C=O) groups excluding carboxylic acids is 2. The third kappa shape index (κ3) is 6.50. The molecule has 0 saturated heterocycles. The first-order valence-electron chi connectivity index (χ1n) is 13.0. The first-order chi connectivity index (χ1) is 19.9. The smallest absolute Gasteiger partial charge is 0.350 e. The third-order valence-electron chi connectivity index (χ3n) is 6.27. The van der Waals surface area contributed by atoms with Gasteiger partial charge in [-0.15, -0.1) is 0 Å². The lowest BCUT2D eigenvalue weighted by Crippen LogP contribution is -2.27. The molecule has 2 aliphatic heterocycles. The SMILES string of the molecule is Cc1nc(NC2=NC3C=CC=CC3S2)sc1C(=O)OCCCOC(=O)C1SC(Nc2nc3ccccc3s2)=NC1C. The van der Waals surface area contributed by atoms with Gasteiger partial charge in [-0.2, -0.15) is 0 Å². The molecule has 1 aromatic carbocycles. The van der Waals surface area contributed by atoms with Crippen LogP contribution in [0.1, 0.15) is 28.7 Å². The number of esters is 2. The number of aromatic nitrogens is 2. The Balaban J connectivity index is 0.916. The van der Waals surface area contributed by atoms with Crippen molar-refractivity contribution in [3.05, 3.63) is 59.1 Å². The van der Waals surface area contributed by atoms with Crippen LogP contribution in [0.4, 0.5) is 10.3 Å². The number of aliphatic imine (C=N–C) groups is 2. The molecule has 3 aromatic rings. The van der Waals surface area contributed by atoms with Gasteiger partial charge in [0.15, 0.2) is 20.6 Å². The predicted molar refractivity (Wildman–Crippen MR) is 169 cm³/mol. The second-order valence-corrected chi connectivity index (χ2v) is 13.6. The van der Waals surface area contributed by atoms with Crippen LogP contribution in [-0.4, -0.2) is 68.0 Å². The van der Waals surface area contributed by atoms with E-state index in [1.54, 1.807) is 18.7 Å². The summed E-state index contributed by atoms with van der Waals surface area (Å²) in [5.74, 6) is -0.787. The summed E-state index contributed by atoms with van der Waals surface area (Å²) in [7, 11) is 0. The van der Waals surface area contributed by atoms with Crippen LogP contribution in [0.2, 0.25) is 0 Å². The fourth-order valence-corrected chi connectivity index (χ4v) is 8.21. The Morgan fingerprint density at radius 2 is 1.68 bits per heavy atom. The number of aryl methyl sites for hydroxylation is 1. The van der Waals surface area contributed by atoms with Gasteiger partial charge in [0.25, 0.3) is 0 Å². The van der Waals surface area contributed by atoms with Crippen molar-refractivity contribution in [3.63, 3.8) is 0 Å². The van der Waals surface area contributed by atoms with E-state index in [0.717, 1.165) is 20.5 Å². The number of thioether (sulfide) groups is 2. The van der Waals surface area contributed by atoms with Gasteiger partial charge in [0, 0.05) is 6.42 Å². The molecule has 6 rings (SSSR count). The van der Waals surface area contributed by atoms with Crippen LogP contribution in [0, 0.1) is 6.92 Å². The number of hydrogen-bond donors (Lipinski definition) is 2. The molecule has 2 N–H and O–H groups in total. The third-order valence-corrected chi connectivity index (χ3v) is 10.7. The molecule has 0 amide bonds. The minimum atomic E-state index is -0.446. The number of ether oxygens (including phenoxy) is 2. The molecule has 212 valence electrons. The zero-order chi connectivity index (χ0) is 28.3. The van der Waals surface area contributed by atoms with Gasteiger partial charge in [0.2, 0.25) is 0 Å². The van der Waals surface area contributed by atoms with Crippen LogP contribution in [0.5, 0.6) is 0 Å². The predicted octanol–water partition coefficient (Wildman–Crippen LogP) is 5.50. The van der Waals surface area contributed by atoms with Crippen LogP contribution in [0.15, 0.2) is 58.6 Å². The first-order valence-corrected chi connectivity index (χ1v) is 16.4. The van der Waals surface area contributed by atoms with Crippen LogP contribution >= 0.6 is 46.2 Å². The summed E-state index contributed by atoms with van der Waals surface area (Å²) < 4.78 is 12.0. The lowest BCUT2D eigenvalue weighted by Gasteiger charge is -2.12. The molecular formula is C27H26N6O4S4. The largest absolute Gasteiger partial charge is 0.465 e. The quantitative estimate of drug-likeness (QED) is 0.244. The van der Waals surface area contributed by atoms with E-state index in [9.17, 15) is 9.59 Å². The summed E-state index contributed by atoms with van der Waals surface area (Å²) in [6.07, 6.45) is 8.61. The number of para-hydroxylation sites is 1. The van der Waals surface area contributed by atoms with Gasteiger partial charge in [-0.05, 0) is 26.0 Å². The molecule has 14 heteroatoms. The zero-order valence-electron chi connectivity index (χ0n) is 22.1. The van der Waals surface area contributed by atoms with E-state index in [0.29, 0.717) is 27.3 Å². The number of nitrogens with one attached hydrogen (secondary N) is 2. The van der Waals surface area contributed by atoms with Gasteiger partial charge in [-0.3, -0.25) is 14.8 Å². The Morgan fingerprint density at radius 1 is 0.927 bits per heavy atom. The molecule has 4 unspecified atom stereocenters. The number of rotatable bonds is 8. The highest BCUT2D eigenvalue weighted by molar-refractivity contribution is 8.15. The summed E-state index contributed by atoms with van der Waals surface area (Å²) in [5, 5.41) is 9.05. The molecule has 1 aliphatic carbocycles. The van der Waals surface area contributed by atoms with Crippen molar-refractivity contribution in [1.82, 2.24) is 9.97 Å². The average molecular weight is 627 g/mol. The summed E-state index contributed by atoms with van der Waals surface area (Å²) >= 11 is 5.75. The highest BCUT2D eigenvalue weighted by Gasteiger charge is 2.35. The summed E-state index contributed by atoms with van der Waals surface area (Å²) in [6.45, 7) is 3.93. The van der Waals surface area contributed by atoms with E-state index >= 15 is 0 Å². The zero-order valence-corrected chi connectivity index (χ0v) is 25.4. The molecule has 10 nitrogen and oxygen atoms in total. The molecule has 4 atom stereocenters. The molecule has 0 saturated carbocycles. The Kier molecular flexibility index (Phi) is 8.42. The minimum absolute atomic E-state index is 0.123. The summed E-state index contributed by atoms with van der Waals surface area (Å²) in [6, 6.07) is 7.79. The van der Waals surface area contributed by atoms with E-state index < -0.39 is 11.2 Å². The Bertz CT molecular complexity index is 1560. The molecule has 3 aliphatic rings. The number of amidine groups is 2. The number of carbonyl (C=O) groups is 2.